The first-order chi connectivity index (χ1) is 13.8. The van der Waals surface area contributed by atoms with Crippen molar-refractivity contribution in [1.82, 2.24) is 4.57 Å². The van der Waals surface area contributed by atoms with Crippen LogP contribution in [0, 0.1) is 0 Å². The van der Waals surface area contributed by atoms with E-state index in [9.17, 15) is 14.4 Å². The van der Waals surface area contributed by atoms with E-state index in [1.165, 1.54) is 0 Å². The molecule has 0 spiro atoms. The summed E-state index contributed by atoms with van der Waals surface area (Å²) >= 11 is 0. The third kappa shape index (κ3) is 6.15. The maximum absolute atomic E-state index is 12.6. The van der Waals surface area contributed by atoms with Gasteiger partial charge in [-0.2, -0.15) is 0 Å². The van der Waals surface area contributed by atoms with Gasteiger partial charge in [-0.05, 0) is 23.9 Å². The first-order valence-corrected chi connectivity index (χ1v) is 8.86. The van der Waals surface area contributed by atoms with Gasteiger partial charge in [-0.15, -0.1) is 0 Å². The van der Waals surface area contributed by atoms with E-state index in [2.05, 4.69) is 12.1 Å². The number of nitrogens with zero attached hydrogens (tertiary/aromatic N) is 1. The summed E-state index contributed by atoms with van der Waals surface area (Å²) in [6, 6.07) is 17.8. The SMILES string of the molecule is CC(N)Cn1cc(-c2ccccc2)c2ccccc2c1=O.O=C(O)/C=C\C(=O)O. The van der Waals surface area contributed by atoms with Crippen molar-refractivity contribution in [2.45, 2.75) is 19.5 Å². The molecule has 1 heterocycles. The monoisotopic (exact) mass is 394 g/mol. The molecule has 0 saturated heterocycles. The van der Waals surface area contributed by atoms with Gasteiger partial charge in [0.2, 0.25) is 0 Å². The Kier molecular flexibility index (Phi) is 7.45. The molecule has 0 aliphatic rings. The van der Waals surface area contributed by atoms with Gasteiger partial charge < -0.3 is 20.5 Å². The first kappa shape index (κ1) is 21.6. The molecule has 29 heavy (non-hydrogen) atoms. The topological polar surface area (TPSA) is 123 Å². The standard InChI is InChI=1S/C18H18N2O.C4H4O4/c1-13(19)11-20-12-17(14-7-3-2-4-8-14)15-9-5-6-10-16(15)18(20)21;5-3(6)1-2-4(7)8/h2-10,12-13H,11,19H2,1H3;1-2H,(H,5,6)(H,7,8)/b;2-1-. The number of carbonyl (C=O) groups is 2. The Labute approximate surface area is 167 Å². The maximum atomic E-state index is 12.6. The quantitative estimate of drug-likeness (QED) is 0.572. The molecule has 0 saturated carbocycles. The highest BCUT2D eigenvalue weighted by atomic mass is 16.4. The molecule has 1 aromatic heterocycles. The van der Waals surface area contributed by atoms with Crippen LogP contribution in [0.15, 0.2) is 77.7 Å². The molecule has 3 rings (SSSR count). The second-order valence-electron chi connectivity index (χ2n) is 6.40. The Bertz CT molecular complexity index is 1070. The van der Waals surface area contributed by atoms with Crippen molar-refractivity contribution in [3.63, 3.8) is 0 Å². The fraction of sp³-hybridized carbons (Fsp3) is 0.136. The minimum atomic E-state index is -1.26. The third-order valence-corrected chi connectivity index (χ3v) is 3.93. The van der Waals surface area contributed by atoms with Crippen LogP contribution in [-0.2, 0) is 16.1 Å². The van der Waals surface area contributed by atoms with Crippen LogP contribution in [0.4, 0.5) is 0 Å². The third-order valence-electron chi connectivity index (χ3n) is 3.93. The second-order valence-corrected chi connectivity index (χ2v) is 6.40. The Morgan fingerprint density at radius 3 is 2.00 bits per heavy atom. The summed E-state index contributed by atoms with van der Waals surface area (Å²) in [6.07, 6.45) is 3.04. The summed E-state index contributed by atoms with van der Waals surface area (Å²) < 4.78 is 1.72. The molecule has 1 unspecified atom stereocenters. The number of pyridine rings is 1. The first-order valence-electron chi connectivity index (χ1n) is 8.86. The van der Waals surface area contributed by atoms with Crippen LogP contribution in [-0.4, -0.2) is 32.8 Å². The number of hydrogen-bond donors (Lipinski definition) is 3. The average molecular weight is 394 g/mol. The zero-order chi connectivity index (χ0) is 21.4. The normalized spacial score (nSPS) is 11.7. The van der Waals surface area contributed by atoms with E-state index in [-0.39, 0.29) is 11.6 Å². The van der Waals surface area contributed by atoms with Crippen LogP contribution < -0.4 is 11.3 Å². The lowest BCUT2D eigenvalue weighted by atomic mass is 10.0. The summed E-state index contributed by atoms with van der Waals surface area (Å²) in [5.41, 5.74) is 8.05. The lowest BCUT2D eigenvalue weighted by molar-refractivity contribution is -0.134. The van der Waals surface area contributed by atoms with Crippen molar-refractivity contribution >= 4 is 22.7 Å². The van der Waals surface area contributed by atoms with Gasteiger partial charge in [-0.3, -0.25) is 4.79 Å². The van der Waals surface area contributed by atoms with E-state index in [4.69, 9.17) is 15.9 Å². The number of benzene rings is 2. The Morgan fingerprint density at radius 1 is 0.966 bits per heavy atom. The smallest absolute Gasteiger partial charge is 0.328 e. The number of rotatable bonds is 5. The molecule has 0 bridgehead atoms. The lowest BCUT2D eigenvalue weighted by Gasteiger charge is -2.14. The molecule has 0 fully saturated rings. The van der Waals surface area contributed by atoms with E-state index < -0.39 is 11.9 Å². The van der Waals surface area contributed by atoms with Crippen molar-refractivity contribution < 1.29 is 19.8 Å². The van der Waals surface area contributed by atoms with Crippen molar-refractivity contribution in [2.75, 3.05) is 0 Å². The molecule has 0 amide bonds. The highest BCUT2D eigenvalue weighted by Gasteiger charge is 2.10. The van der Waals surface area contributed by atoms with E-state index in [1.807, 2.05) is 55.6 Å². The predicted octanol–water partition coefficient (Wildman–Crippen LogP) is 2.73. The number of fused-ring (bicyclic) bond motifs is 1. The number of nitrogens with two attached hydrogens (primary N) is 1. The van der Waals surface area contributed by atoms with Gasteiger partial charge in [0.15, 0.2) is 0 Å². The molecule has 4 N–H and O–H groups in total. The zero-order valence-corrected chi connectivity index (χ0v) is 15.9. The van der Waals surface area contributed by atoms with Crippen molar-refractivity contribution in [1.29, 1.82) is 0 Å². The largest absolute Gasteiger partial charge is 0.478 e. The summed E-state index contributed by atoms with van der Waals surface area (Å²) in [5, 5.41) is 17.3. The van der Waals surface area contributed by atoms with Crippen LogP contribution in [0.1, 0.15) is 6.92 Å². The van der Waals surface area contributed by atoms with Crippen molar-refractivity contribution in [3.05, 3.63) is 83.3 Å². The van der Waals surface area contributed by atoms with Gasteiger partial charge in [0.1, 0.15) is 0 Å². The van der Waals surface area contributed by atoms with Crippen LogP contribution in [0.2, 0.25) is 0 Å². The van der Waals surface area contributed by atoms with Gasteiger partial charge in [-0.25, -0.2) is 9.59 Å². The summed E-state index contributed by atoms with van der Waals surface area (Å²) in [7, 11) is 0. The van der Waals surface area contributed by atoms with E-state index >= 15 is 0 Å². The molecule has 7 heteroatoms. The number of carboxylic acids is 2. The van der Waals surface area contributed by atoms with Crippen LogP contribution >= 0.6 is 0 Å². The van der Waals surface area contributed by atoms with E-state index in [0.29, 0.717) is 18.7 Å². The minimum absolute atomic E-state index is 0.0163. The molecule has 0 aliphatic heterocycles. The number of hydrogen-bond acceptors (Lipinski definition) is 4. The average Bonchev–Trinajstić information content (AvgIpc) is 2.69. The fourth-order valence-corrected chi connectivity index (χ4v) is 2.78. The zero-order valence-electron chi connectivity index (χ0n) is 15.9. The van der Waals surface area contributed by atoms with Crippen LogP contribution in [0.25, 0.3) is 21.9 Å². The summed E-state index contributed by atoms with van der Waals surface area (Å²) in [5.74, 6) is -2.51. The predicted molar refractivity (Wildman–Crippen MR) is 112 cm³/mol. The molecule has 1 atom stereocenters. The summed E-state index contributed by atoms with van der Waals surface area (Å²) in [6.45, 7) is 2.42. The van der Waals surface area contributed by atoms with Crippen molar-refractivity contribution in [3.8, 4) is 11.1 Å². The van der Waals surface area contributed by atoms with E-state index in [1.54, 1.807) is 4.57 Å². The minimum Gasteiger partial charge on any atom is -0.478 e. The highest BCUT2D eigenvalue weighted by molar-refractivity contribution is 5.95. The summed E-state index contributed by atoms with van der Waals surface area (Å²) in [4.78, 5) is 31.7. The number of aliphatic carboxylic acids is 2. The number of aromatic nitrogens is 1. The van der Waals surface area contributed by atoms with E-state index in [0.717, 1.165) is 21.9 Å². The van der Waals surface area contributed by atoms with Crippen LogP contribution in [0.5, 0.6) is 0 Å². The van der Waals surface area contributed by atoms with Gasteiger partial charge >= 0.3 is 11.9 Å². The Balaban J connectivity index is 0.000000321. The molecule has 0 radical (unpaired) electrons. The molecule has 0 aliphatic carbocycles. The van der Waals surface area contributed by atoms with Crippen LogP contribution in [0.3, 0.4) is 0 Å². The lowest BCUT2D eigenvalue weighted by Crippen LogP contribution is -2.29. The highest BCUT2D eigenvalue weighted by Crippen LogP contribution is 2.26. The molecular formula is C22H22N2O5. The molecule has 7 nitrogen and oxygen atoms in total. The second kappa shape index (κ2) is 10.0. The molecule has 2 aromatic carbocycles. The molecular weight excluding hydrogens is 372 g/mol. The molecule has 150 valence electrons. The van der Waals surface area contributed by atoms with Gasteiger partial charge in [0, 0.05) is 41.9 Å². The van der Waals surface area contributed by atoms with Gasteiger partial charge in [0.05, 0.1) is 0 Å². The number of carboxylic acid groups (broad SMARTS) is 2. The Morgan fingerprint density at radius 2 is 1.48 bits per heavy atom. The van der Waals surface area contributed by atoms with Gasteiger partial charge in [0.25, 0.3) is 5.56 Å². The van der Waals surface area contributed by atoms with Gasteiger partial charge in [-0.1, -0.05) is 48.5 Å². The maximum Gasteiger partial charge on any atom is 0.328 e. The molecule has 3 aromatic rings. The van der Waals surface area contributed by atoms with Crippen molar-refractivity contribution in [2.24, 2.45) is 5.73 Å². The Hall–Kier alpha value is -3.71. The fourth-order valence-electron chi connectivity index (χ4n) is 2.78.